The lowest BCUT2D eigenvalue weighted by Crippen LogP contribution is -2.38. The maximum Gasteiger partial charge on any atom is 0.249 e. The summed E-state index contributed by atoms with van der Waals surface area (Å²) in [5.74, 6) is -2.37. The summed E-state index contributed by atoms with van der Waals surface area (Å²) in [4.78, 5) is 11.9. The van der Waals surface area contributed by atoms with Gasteiger partial charge in [0.25, 0.3) is 0 Å². The molecule has 4 heterocycles. The van der Waals surface area contributed by atoms with Crippen LogP contribution in [0, 0.1) is 23.1 Å². The minimum Gasteiger partial charge on any atom is -0.378 e. The second kappa shape index (κ2) is 9.60. The van der Waals surface area contributed by atoms with Crippen LogP contribution in [-0.2, 0) is 5.44 Å². The number of nitrogens with zero attached hydrogens (tertiary/aromatic N) is 7. The molecule has 39 heavy (non-hydrogen) atoms. The van der Waals surface area contributed by atoms with Gasteiger partial charge in [0, 0.05) is 35.7 Å². The second-order valence-electron chi connectivity index (χ2n) is 9.12. The summed E-state index contributed by atoms with van der Waals surface area (Å²) in [6.45, 7) is 0. The molecule has 1 aliphatic carbocycles. The first-order valence-corrected chi connectivity index (χ1v) is 12.2. The highest BCUT2D eigenvalue weighted by atomic mass is 35.5. The molecule has 0 amide bonds. The number of hydrogen-bond donors (Lipinski definition) is 2. The van der Waals surface area contributed by atoms with Crippen molar-refractivity contribution >= 4 is 47.4 Å². The van der Waals surface area contributed by atoms with Crippen LogP contribution in [0.4, 0.5) is 25.8 Å². The quantitative estimate of drug-likeness (QED) is 0.220. The first kappa shape index (κ1) is 24.7. The summed E-state index contributed by atoms with van der Waals surface area (Å²) < 4.78 is 29.0. The molecule has 6 rings (SSSR count). The van der Waals surface area contributed by atoms with Crippen LogP contribution in [0.3, 0.4) is 0 Å². The molecule has 1 atom stereocenters. The number of pyridine rings is 3. The molecule has 5 aromatic rings. The first-order chi connectivity index (χ1) is 18.9. The molecule has 9 nitrogen and oxygen atoms in total. The lowest BCUT2D eigenvalue weighted by molar-refractivity contribution is 0.480. The number of benzene rings is 1. The Hall–Kier alpha value is -4.63. The zero-order chi connectivity index (χ0) is 27.1. The molecule has 0 aliphatic heterocycles. The molecule has 190 valence electrons. The number of hydrogen-bond acceptors (Lipinski definition) is 8. The van der Waals surface area contributed by atoms with E-state index in [4.69, 9.17) is 19.4 Å². The fraction of sp³-hybridized carbons (Fsp3) is 0.154. The Morgan fingerprint density at radius 3 is 2.69 bits per heavy atom. The molecule has 0 saturated heterocycles. The third-order valence-corrected chi connectivity index (χ3v) is 6.69. The average Bonchev–Trinajstić information content (AvgIpc) is 3.67. The predicted octanol–water partition coefficient (Wildman–Crippen LogP) is 4.98. The number of aromatic nitrogens is 6. The third-order valence-electron chi connectivity index (χ3n) is 6.40. The van der Waals surface area contributed by atoms with Crippen LogP contribution in [0.15, 0.2) is 61.3 Å². The Morgan fingerprint density at radius 1 is 1.13 bits per heavy atom. The van der Waals surface area contributed by atoms with Gasteiger partial charge in [-0.05, 0) is 36.6 Å². The van der Waals surface area contributed by atoms with E-state index in [1.807, 2.05) is 6.07 Å². The normalized spacial score (nSPS) is 14.5. The van der Waals surface area contributed by atoms with Crippen molar-refractivity contribution in [2.24, 2.45) is 0 Å². The molecule has 1 fully saturated rings. The fourth-order valence-corrected chi connectivity index (χ4v) is 4.54. The summed E-state index contributed by atoms with van der Waals surface area (Å²) in [5, 5.41) is 25.3. The van der Waals surface area contributed by atoms with E-state index >= 15 is 0 Å². The molecule has 1 saturated carbocycles. The van der Waals surface area contributed by atoms with Crippen molar-refractivity contribution in [1.82, 2.24) is 29.9 Å². The van der Waals surface area contributed by atoms with Gasteiger partial charge < -0.3 is 10.6 Å². The van der Waals surface area contributed by atoms with E-state index in [-0.39, 0.29) is 22.0 Å². The van der Waals surface area contributed by atoms with Crippen molar-refractivity contribution in [3.8, 4) is 6.07 Å². The molecule has 1 unspecified atom stereocenters. The Morgan fingerprint density at radius 2 is 1.97 bits per heavy atom. The van der Waals surface area contributed by atoms with Gasteiger partial charge in [0.1, 0.15) is 19.6 Å². The molecular weight excluding hydrogens is 523 g/mol. The average molecular weight is 540 g/mol. The van der Waals surface area contributed by atoms with Crippen molar-refractivity contribution in [2.75, 3.05) is 10.6 Å². The third kappa shape index (κ3) is 4.61. The van der Waals surface area contributed by atoms with Crippen molar-refractivity contribution in [1.29, 1.82) is 5.26 Å². The van der Waals surface area contributed by atoms with E-state index in [1.54, 1.807) is 41.5 Å². The minimum atomic E-state index is -1.35. The van der Waals surface area contributed by atoms with E-state index in [1.165, 1.54) is 6.20 Å². The van der Waals surface area contributed by atoms with Gasteiger partial charge in [0.15, 0.2) is 5.82 Å². The maximum atomic E-state index is 13.9. The van der Waals surface area contributed by atoms with Crippen LogP contribution in [0.5, 0.6) is 0 Å². The Balaban J connectivity index is 1.47. The van der Waals surface area contributed by atoms with Crippen LogP contribution in [0.25, 0.3) is 10.9 Å². The number of rotatable bonds is 7. The number of halogens is 3. The van der Waals surface area contributed by atoms with Gasteiger partial charge >= 0.3 is 0 Å². The van der Waals surface area contributed by atoms with Crippen LogP contribution >= 0.6 is 11.6 Å². The largest absolute Gasteiger partial charge is 0.378 e. The number of nitriles is 1. The van der Waals surface area contributed by atoms with Gasteiger partial charge in [-0.25, -0.2) is 14.1 Å². The summed E-state index contributed by atoms with van der Waals surface area (Å²) in [7, 11) is 6.97. The molecule has 13 heteroatoms. The van der Waals surface area contributed by atoms with Gasteiger partial charge in [0.2, 0.25) is 5.95 Å². The molecule has 2 radical (unpaired) electrons. The van der Waals surface area contributed by atoms with Crippen molar-refractivity contribution in [2.45, 2.75) is 24.3 Å². The lowest BCUT2D eigenvalue weighted by Gasteiger charge is -2.31. The van der Waals surface area contributed by atoms with E-state index in [9.17, 15) is 14.0 Å². The van der Waals surface area contributed by atoms with Crippen LogP contribution < -0.4 is 10.6 Å². The molecule has 0 spiro atoms. The van der Waals surface area contributed by atoms with E-state index in [0.717, 1.165) is 25.1 Å². The molecule has 2 N–H and O–H groups in total. The fourth-order valence-electron chi connectivity index (χ4n) is 4.27. The van der Waals surface area contributed by atoms with Crippen LogP contribution in [0.1, 0.15) is 35.7 Å². The topological polar surface area (TPSA) is 117 Å². The van der Waals surface area contributed by atoms with Gasteiger partial charge in [0.05, 0.1) is 51.4 Å². The smallest absolute Gasteiger partial charge is 0.249 e. The zero-order valence-corrected chi connectivity index (χ0v) is 20.9. The first-order valence-electron chi connectivity index (χ1n) is 11.9. The van der Waals surface area contributed by atoms with Gasteiger partial charge in [-0.1, -0.05) is 22.9 Å². The second-order valence-corrected chi connectivity index (χ2v) is 9.53. The Labute approximate surface area is 227 Å². The highest BCUT2D eigenvalue weighted by Gasteiger charge is 2.34. The van der Waals surface area contributed by atoms with Crippen molar-refractivity contribution in [3.63, 3.8) is 0 Å². The maximum absolute atomic E-state index is 13.9. The van der Waals surface area contributed by atoms with Gasteiger partial charge in [-0.15, -0.1) is 5.10 Å². The molecule has 0 bridgehead atoms. The minimum absolute atomic E-state index is 0.132. The van der Waals surface area contributed by atoms with E-state index in [0.29, 0.717) is 33.9 Å². The highest BCUT2D eigenvalue weighted by molar-refractivity contribution is 6.36. The predicted molar refractivity (Wildman–Crippen MR) is 142 cm³/mol. The Kier molecular flexibility index (Phi) is 6.08. The van der Waals surface area contributed by atoms with Crippen LogP contribution in [0.2, 0.25) is 5.02 Å². The van der Waals surface area contributed by atoms with Crippen LogP contribution in [-0.4, -0.2) is 37.8 Å². The van der Waals surface area contributed by atoms with Gasteiger partial charge in [-0.2, -0.15) is 9.65 Å². The standard InChI is InChI=1S/C26H17BClF2N9/c27-26(15-2-1-5-32-11-15,22-13-39(38-37-22)18-3-4-18)36-16-6-19-23(35-17-8-21(29)25(30)34-12-17)14(9-31)10-33-24(19)20(28)7-16/h1-2,5-8,10-13,18,36H,3-4H2,(H,33,35). The van der Waals surface area contributed by atoms with Crippen molar-refractivity contribution < 1.29 is 8.78 Å². The molecule has 1 aromatic carbocycles. The molecule has 4 aromatic heterocycles. The summed E-state index contributed by atoms with van der Waals surface area (Å²) >= 11 is 6.63. The monoisotopic (exact) mass is 539 g/mol. The summed E-state index contributed by atoms with van der Waals surface area (Å²) in [6, 6.07) is 10.2. The summed E-state index contributed by atoms with van der Waals surface area (Å²) in [5.41, 5.74) is 1.16. The van der Waals surface area contributed by atoms with E-state index in [2.05, 4.69) is 42.0 Å². The molecular formula is C26H17BClF2N9. The zero-order valence-electron chi connectivity index (χ0n) is 20.1. The van der Waals surface area contributed by atoms with Crippen molar-refractivity contribution in [3.05, 3.63) is 94.9 Å². The number of nitrogens with one attached hydrogen (secondary N) is 2. The molecule has 1 aliphatic rings. The van der Waals surface area contributed by atoms with E-state index < -0.39 is 17.2 Å². The number of fused-ring (bicyclic) bond motifs is 1. The van der Waals surface area contributed by atoms with Gasteiger partial charge in [-0.3, -0.25) is 9.97 Å². The lowest BCUT2D eigenvalue weighted by atomic mass is 9.70. The summed E-state index contributed by atoms with van der Waals surface area (Å²) in [6.07, 6.45) is 9.58. The SMILES string of the molecule is [B]C(Nc1cc(Cl)c2ncc(C#N)c(Nc3cnc(F)c(F)c3)c2c1)(c1cccnc1)c1cn(C2CC2)nn1. The number of anilines is 3. The highest BCUT2D eigenvalue weighted by Crippen LogP contribution is 2.39. The Bertz CT molecular complexity index is 1750.